The summed E-state index contributed by atoms with van der Waals surface area (Å²) in [6.07, 6.45) is 4.24. The van der Waals surface area contributed by atoms with Gasteiger partial charge in [0, 0.05) is 41.3 Å². The van der Waals surface area contributed by atoms with Gasteiger partial charge in [-0.1, -0.05) is 23.9 Å². The number of carbonyl (C=O) groups is 4. The predicted octanol–water partition coefficient (Wildman–Crippen LogP) is 4.45. The minimum absolute atomic E-state index is 0. The van der Waals surface area contributed by atoms with Crippen molar-refractivity contribution in [2.24, 2.45) is 0 Å². The number of fused-ring (bicyclic) bond motifs is 1. The Morgan fingerprint density at radius 1 is 1.02 bits per heavy atom. The molecule has 3 aliphatic rings. The maximum absolute atomic E-state index is 14.1. The van der Waals surface area contributed by atoms with Crippen molar-refractivity contribution in [2.75, 3.05) is 59.0 Å². The van der Waals surface area contributed by atoms with Crippen molar-refractivity contribution in [3.05, 3.63) is 71.0 Å². The number of allylic oxidation sites excluding steroid dienone is 3. The first-order valence-electron chi connectivity index (χ1n) is 15.1. The van der Waals surface area contributed by atoms with Crippen LogP contribution in [0.2, 0.25) is 0 Å². The number of methoxy groups -OCH3 is 1. The lowest BCUT2D eigenvalue weighted by Crippen LogP contribution is -2.55. The van der Waals surface area contributed by atoms with E-state index in [-0.39, 0.29) is 48.0 Å². The van der Waals surface area contributed by atoms with Crippen molar-refractivity contribution >= 4 is 53.1 Å². The number of para-hydroxylation sites is 1. The van der Waals surface area contributed by atoms with Crippen LogP contribution >= 0.6 is 24.2 Å². The summed E-state index contributed by atoms with van der Waals surface area (Å²) < 4.78 is 17.5. The fourth-order valence-corrected chi connectivity index (χ4v) is 6.98. The van der Waals surface area contributed by atoms with Gasteiger partial charge in [-0.05, 0) is 76.5 Å². The Balaban J connectivity index is 0.00000480. The first kappa shape index (κ1) is 35.2. The lowest BCUT2D eigenvalue weighted by Gasteiger charge is -2.41. The summed E-state index contributed by atoms with van der Waals surface area (Å²) in [6, 6.07) is 13.1. The molecule has 2 aromatic carbocycles. The molecule has 46 heavy (non-hydrogen) atoms. The average molecular weight is 670 g/mol. The Kier molecular flexibility index (Phi) is 11.7. The number of rotatable bonds is 15. The highest BCUT2D eigenvalue weighted by Gasteiger charge is 2.49. The molecule has 2 aliphatic carbocycles. The van der Waals surface area contributed by atoms with E-state index in [1.165, 1.54) is 24.8 Å². The van der Waals surface area contributed by atoms with Crippen molar-refractivity contribution in [1.82, 2.24) is 10.2 Å². The normalized spacial score (nSPS) is 18.8. The predicted molar refractivity (Wildman–Crippen MR) is 179 cm³/mol. The lowest BCUT2D eigenvalue weighted by molar-refractivity contribution is -0.122. The van der Waals surface area contributed by atoms with Crippen LogP contribution in [-0.4, -0.2) is 82.2 Å². The monoisotopic (exact) mass is 669 g/mol. The maximum Gasteiger partial charge on any atom is 0.262 e. The van der Waals surface area contributed by atoms with E-state index in [0.29, 0.717) is 60.8 Å². The summed E-state index contributed by atoms with van der Waals surface area (Å²) >= 11 is 1.36. The molecule has 10 nitrogen and oxygen atoms in total. The molecule has 0 aromatic heterocycles. The molecule has 1 aliphatic heterocycles. The van der Waals surface area contributed by atoms with Gasteiger partial charge in [-0.25, -0.2) is 0 Å². The minimum Gasteiger partial charge on any atom is -0.497 e. The van der Waals surface area contributed by atoms with Crippen molar-refractivity contribution in [3.8, 4) is 11.5 Å². The van der Waals surface area contributed by atoms with E-state index < -0.39 is 4.87 Å². The molecule has 2 aromatic rings. The van der Waals surface area contributed by atoms with Crippen LogP contribution in [0.3, 0.4) is 0 Å². The summed E-state index contributed by atoms with van der Waals surface area (Å²) in [4.78, 5) is 54.0. The zero-order chi connectivity index (χ0) is 32.1. The zero-order valence-corrected chi connectivity index (χ0v) is 28.2. The standard InChI is InChI=1S/C34H39N3O7S.ClH/c1-22(38)21-35-34(33(41)37(3)27-9-5-6-10-31(27)45-34)26-19-23(42-4)11-14-29(26)43-17-8-7-15-36(2)16-18-44-30-20-28(39)24-12-13-25(24)32(30)40;/h5-6,9-11,14,19-20,35H,7-8,12-13,15-18,21H2,1-4H3;1H. The highest BCUT2D eigenvalue weighted by molar-refractivity contribution is 8.01. The molecule has 12 heteroatoms. The van der Waals surface area contributed by atoms with Crippen molar-refractivity contribution in [3.63, 3.8) is 0 Å². The van der Waals surface area contributed by atoms with Gasteiger partial charge >= 0.3 is 0 Å². The van der Waals surface area contributed by atoms with E-state index in [1.54, 1.807) is 37.3 Å². The molecule has 1 unspecified atom stereocenters. The molecule has 1 amide bonds. The number of benzene rings is 2. The number of carbonyl (C=O) groups excluding carboxylic acids is 4. The summed E-state index contributed by atoms with van der Waals surface area (Å²) in [5.41, 5.74) is 2.63. The van der Waals surface area contributed by atoms with Crippen LogP contribution in [0, 0.1) is 0 Å². The number of ether oxygens (including phenoxy) is 3. The summed E-state index contributed by atoms with van der Waals surface area (Å²) in [6.45, 7) is 3.60. The minimum atomic E-state index is -1.31. The van der Waals surface area contributed by atoms with Gasteiger partial charge in [-0.3, -0.25) is 24.5 Å². The Bertz CT molecular complexity index is 1580. The quantitative estimate of drug-likeness (QED) is 0.216. The van der Waals surface area contributed by atoms with Gasteiger partial charge in [0.05, 0.1) is 25.9 Å². The molecule has 1 heterocycles. The van der Waals surface area contributed by atoms with Crippen molar-refractivity contribution in [1.29, 1.82) is 0 Å². The third kappa shape index (κ3) is 7.33. The van der Waals surface area contributed by atoms with E-state index in [2.05, 4.69) is 10.2 Å². The van der Waals surface area contributed by atoms with Gasteiger partial charge in [0.2, 0.25) is 5.78 Å². The van der Waals surface area contributed by atoms with Gasteiger partial charge in [0.25, 0.3) is 5.91 Å². The van der Waals surface area contributed by atoms with Gasteiger partial charge < -0.3 is 24.0 Å². The van der Waals surface area contributed by atoms with Crippen molar-refractivity contribution < 1.29 is 33.4 Å². The Hall–Kier alpha value is -3.64. The highest BCUT2D eigenvalue weighted by Crippen LogP contribution is 2.51. The summed E-state index contributed by atoms with van der Waals surface area (Å²) in [7, 11) is 5.28. The number of likely N-dealkylation sites (N-methyl/N-ethyl adjacent to an activating group) is 2. The number of nitrogens with zero attached hydrogens (tertiary/aromatic N) is 2. The van der Waals surface area contributed by atoms with Crippen molar-refractivity contribution in [2.45, 2.75) is 42.4 Å². The van der Waals surface area contributed by atoms with Crippen LogP contribution in [0.15, 0.2) is 70.3 Å². The lowest BCUT2D eigenvalue weighted by atomic mass is 9.79. The van der Waals surface area contributed by atoms with E-state index in [9.17, 15) is 19.2 Å². The molecule has 0 fully saturated rings. The Labute approximate surface area is 279 Å². The number of amides is 1. The molecule has 5 rings (SSSR count). The van der Waals surface area contributed by atoms with Gasteiger partial charge in [0.1, 0.15) is 23.9 Å². The van der Waals surface area contributed by atoms with E-state index in [0.717, 1.165) is 30.0 Å². The van der Waals surface area contributed by atoms with Gasteiger partial charge in [0.15, 0.2) is 16.4 Å². The fraction of sp³-hybridized carbons (Fsp3) is 0.412. The molecule has 1 N–H and O–H groups in total. The SMILES string of the molecule is COc1ccc(OCCCCN(C)CCOC2=CC(=O)C3=C(CC3)C2=O)c(C2(NCC(C)=O)Sc3ccccc3N(C)C2=O)c1.Cl. The van der Waals surface area contributed by atoms with Crippen LogP contribution in [0.4, 0.5) is 5.69 Å². The first-order chi connectivity index (χ1) is 21.6. The van der Waals surface area contributed by atoms with Crippen LogP contribution in [0.1, 0.15) is 38.2 Å². The molecule has 1 atom stereocenters. The number of nitrogens with one attached hydrogen (secondary N) is 1. The molecule has 0 saturated carbocycles. The number of Topliss-reactive ketones (excluding diaryl/α,β-unsaturated/α-hetero) is 2. The van der Waals surface area contributed by atoms with Crippen LogP contribution < -0.4 is 19.7 Å². The second kappa shape index (κ2) is 15.3. The molecule has 0 bridgehead atoms. The van der Waals surface area contributed by atoms with Gasteiger partial charge in [-0.2, -0.15) is 0 Å². The largest absolute Gasteiger partial charge is 0.497 e. The van der Waals surface area contributed by atoms with E-state index in [4.69, 9.17) is 14.2 Å². The maximum atomic E-state index is 14.1. The summed E-state index contributed by atoms with van der Waals surface area (Å²) in [5, 5.41) is 3.26. The number of ketones is 3. The third-order valence-electron chi connectivity index (χ3n) is 8.22. The highest BCUT2D eigenvalue weighted by atomic mass is 35.5. The molecular formula is C34H40ClN3O7S. The Morgan fingerprint density at radius 2 is 1.78 bits per heavy atom. The summed E-state index contributed by atoms with van der Waals surface area (Å²) in [5.74, 6) is 0.681. The van der Waals surface area contributed by atoms with Crippen LogP contribution in [0.5, 0.6) is 11.5 Å². The topological polar surface area (TPSA) is 114 Å². The molecule has 0 radical (unpaired) electrons. The zero-order valence-electron chi connectivity index (χ0n) is 26.6. The van der Waals surface area contributed by atoms with E-state index >= 15 is 0 Å². The number of unbranched alkanes of at least 4 members (excludes halogenated alkanes) is 1. The fourth-order valence-electron chi connectivity index (χ4n) is 5.55. The second-order valence-electron chi connectivity index (χ2n) is 11.4. The number of hydrogen-bond acceptors (Lipinski definition) is 10. The van der Waals surface area contributed by atoms with Crippen LogP contribution in [-0.2, 0) is 28.8 Å². The second-order valence-corrected chi connectivity index (χ2v) is 12.7. The number of halogens is 1. The smallest absolute Gasteiger partial charge is 0.262 e. The molecule has 246 valence electrons. The van der Waals surface area contributed by atoms with Gasteiger partial charge in [-0.15, -0.1) is 12.4 Å². The average Bonchev–Trinajstić information content (AvgIpc) is 3.00. The number of hydrogen-bond donors (Lipinski definition) is 1. The number of thioether (sulfide) groups is 1. The Morgan fingerprint density at radius 3 is 2.50 bits per heavy atom. The van der Waals surface area contributed by atoms with E-state index in [1.807, 2.05) is 31.3 Å². The third-order valence-corrected chi connectivity index (χ3v) is 9.63. The number of anilines is 1. The molecule has 0 saturated heterocycles. The van der Waals surface area contributed by atoms with Crippen LogP contribution in [0.25, 0.3) is 0 Å². The first-order valence-corrected chi connectivity index (χ1v) is 15.9. The molecular weight excluding hydrogens is 630 g/mol. The molecule has 0 spiro atoms.